The highest BCUT2D eigenvalue weighted by molar-refractivity contribution is 6.00. The fourth-order valence-electron chi connectivity index (χ4n) is 5.46. The Kier molecular flexibility index (Phi) is 9.22. The Bertz CT molecular complexity index is 1440. The molecule has 1 N–H and O–H groups in total. The summed E-state index contributed by atoms with van der Waals surface area (Å²) in [5, 5.41) is 6.94. The molecule has 0 aliphatic carbocycles. The highest BCUT2D eigenvalue weighted by Crippen LogP contribution is 2.35. The first-order valence-corrected chi connectivity index (χ1v) is 14.4. The van der Waals surface area contributed by atoms with Crippen LogP contribution in [0.1, 0.15) is 75.0 Å². The SMILES string of the molecule is CC/C(=C(/c1ccc(OCCCCCCC(=O)N2CCCC2)nc1)c1ccc2n[nH]c(F)c2c1)c1ccccc1. The number of aromatic nitrogens is 3. The van der Waals surface area contributed by atoms with Gasteiger partial charge in [-0.3, -0.25) is 9.89 Å². The number of halogens is 1. The van der Waals surface area contributed by atoms with E-state index >= 15 is 0 Å². The first-order chi connectivity index (χ1) is 19.6. The molecule has 40 heavy (non-hydrogen) atoms. The molecule has 0 unspecified atom stereocenters. The molecule has 6 nitrogen and oxygen atoms in total. The third-order valence-electron chi connectivity index (χ3n) is 7.59. The van der Waals surface area contributed by atoms with Gasteiger partial charge in [0.15, 0.2) is 0 Å². The van der Waals surface area contributed by atoms with Crippen molar-refractivity contribution in [3.63, 3.8) is 0 Å². The number of benzene rings is 2. The van der Waals surface area contributed by atoms with Crippen LogP contribution in [0.15, 0.2) is 66.9 Å². The van der Waals surface area contributed by atoms with E-state index in [2.05, 4.69) is 34.2 Å². The summed E-state index contributed by atoms with van der Waals surface area (Å²) in [4.78, 5) is 18.8. The van der Waals surface area contributed by atoms with E-state index in [0.717, 1.165) is 85.9 Å². The van der Waals surface area contributed by atoms with E-state index in [4.69, 9.17) is 4.74 Å². The smallest absolute Gasteiger partial charge is 0.222 e. The lowest BCUT2D eigenvalue weighted by Gasteiger charge is -2.16. The molecule has 0 atom stereocenters. The maximum absolute atomic E-state index is 14.4. The van der Waals surface area contributed by atoms with Gasteiger partial charge in [0, 0.05) is 37.3 Å². The van der Waals surface area contributed by atoms with Gasteiger partial charge in [-0.1, -0.05) is 56.2 Å². The minimum Gasteiger partial charge on any atom is -0.478 e. The second kappa shape index (κ2) is 13.4. The molecule has 2 aromatic heterocycles. The molecular weight excluding hydrogens is 503 g/mol. The number of ether oxygens (including phenoxy) is 1. The van der Waals surface area contributed by atoms with Crippen LogP contribution in [0.5, 0.6) is 5.88 Å². The molecular formula is C33H37FN4O2. The second-order valence-corrected chi connectivity index (χ2v) is 10.3. The highest BCUT2D eigenvalue weighted by Gasteiger charge is 2.17. The number of rotatable bonds is 12. The van der Waals surface area contributed by atoms with Crippen molar-refractivity contribution in [2.75, 3.05) is 19.7 Å². The molecule has 1 aliphatic heterocycles. The summed E-state index contributed by atoms with van der Waals surface area (Å²) in [5.74, 6) is 0.454. The number of unbranched alkanes of at least 4 members (excludes halogenated alkanes) is 3. The van der Waals surface area contributed by atoms with Crippen molar-refractivity contribution in [3.8, 4) is 5.88 Å². The monoisotopic (exact) mass is 540 g/mol. The van der Waals surface area contributed by atoms with Crippen LogP contribution in [0.3, 0.4) is 0 Å². The molecule has 5 rings (SSSR count). The maximum atomic E-state index is 14.4. The van der Waals surface area contributed by atoms with E-state index < -0.39 is 5.95 Å². The van der Waals surface area contributed by atoms with Gasteiger partial charge in [-0.25, -0.2) is 4.98 Å². The fourth-order valence-corrected chi connectivity index (χ4v) is 5.46. The summed E-state index contributed by atoms with van der Waals surface area (Å²) < 4.78 is 20.3. The zero-order valence-electron chi connectivity index (χ0n) is 23.2. The number of carbonyl (C=O) groups is 1. The number of nitrogens with one attached hydrogen (secondary N) is 1. The Balaban J connectivity index is 1.25. The Labute approximate surface area is 235 Å². The van der Waals surface area contributed by atoms with Gasteiger partial charge >= 0.3 is 0 Å². The van der Waals surface area contributed by atoms with Crippen LogP contribution >= 0.6 is 0 Å². The van der Waals surface area contributed by atoms with Crippen molar-refractivity contribution in [2.24, 2.45) is 0 Å². The van der Waals surface area contributed by atoms with E-state index in [9.17, 15) is 9.18 Å². The van der Waals surface area contributed by atoms with Crippen molar-refractivity contribution in [2.45, 2.75) is 58.3 Å². The van der Waals surface area contributed by atoms with Gasteiger partial charge in [-0.05, 0) is 72.6 Å². The van der Waals surface area contributed by atoms with E-state index in [1.54, 1.807) is 0 Å². The van der Waals surface area contributed by atoms with Crippen LogP contribution in [0, 0.1) is 5.95 Å². The molecule has 2 aromatic carbocycles. The minimum atomic E-state index is -0.436. The average Bonchev–Trinajstić information content (AvgIpc) is 3.67. The molecule has 0 radical (unpaired) electrons. The van der Waals surface area contributed by atoms with Crippen LogP contribution in [0.25, 0.3) is 22.0 Å². The lowest BCUT2D eigenvalue weighted by atomic mass is 9.88. The summed E-state index contributed by atoms with van der Waals surface area (Å²) in [6, 6.07) is 19.9. The third-order valence-corrected chi connectivity index (χ3v) is 7.59. The average molecular weight is 541 g/mol. The van der Waals surface area contributed by atoms with Crippen molar-refractivity contribution >= 4 is 28.0 Å². The summed E-state index contributed by atoms with van der Waals surface area (Å²) in [6.45, 7) is 4.59. The third kappa shape index (κ3) is 6.58. The van der Waals surface area contributed by atoms with E-state index in [1.165, 1.54) is 0 Å². The molecule has 0 bridgehead atoms. The van der Waals surface area contributed by atoms with Crippen molar-refractivity contribution in [3.05, 3.63) is 89.5 Å². The molecule has 4 aromatic rings. The first-order valence-electron chi connectivity index (χ1n) is 14.4. The van der Waals surface area contributed by atoms with Crippen LogP contribution < -0.4 is 4.74 Å². The van der Waals surface area contributed by atoms with Gasteiger partial charge in [-0.15, -0.1) is 0 Å². The molecule has 0 spiro atoms. The minimum absolute atomic E-state index is 0.305. The number of fused-ring (bicyclic) bond motifs is 1. The lowest BCUT2D eigenvalue weighted by Crippen LogP contribution is -2.27. The summed E-state index contributed by atoms with van der Waals surface area (Å²) in [5.41, 5.74) is 5.74. The van der Waals surface area contributed by atoms with E-state index in [-0.39, 0.29) is 0 Å². The predicted molar refractivity (Wildman–Crippen MR) is 157 cm³/mol. The molecule has 3 heterocycles. The number of H-pyrrole nitrogens is 1. The second-order valence-electron chi connectivity index (χ2n) is 10.3. The molecule has 208 valence electrons. The Morgan fingerprint density at radius 1 is 0.950 bits per heavy atom. The van der Waals surface area contributed by atoms with Crippen LogP contribution in [0.4, 0.5) is 4.39 Å². The van der Waals surface area contributed by atoms with Crippen molar-refractivity contribution in [1.29, 1.82) is 0 Å². The number of hydrogen-bond donors (Lipinski definition) is 1. The number of nitrogens with zero attached hydrogens (tertiary/aromatic N) is 3. The molecule has 1 saturated heterocycles. The van der Waals surface area contributed by atoms with Gasteiger partial charge in [0.2, 0.25) is 17.7 Å². The number of pyridine rings is 1. The number of aromatic amines is 1. The first kappa shape index (κ1) is 27.6. The van der Waals surface area contributed by atoms with Gasteiger partial charge < -0.3 is 9.64 Å². The number of amides is 1. The predicted octanol–water partition coefficient (Wildman–Crippen LogP) is 7.42. The molecule has 1 fully saturated rings. The zero-order valence-corrected chi connectivity index (χ0v) is 23.2. The van der Waals surface area contributed by atoms with Crippen LogP contribution in [-0.2, 0) is 4.79 Å². The molecule has 7 heteroatoms. The number of likely N-dealkylation sites (tertiary alicyclic amines) is 1. The summed E-state index contributed by atoms with van der Waals surface area (Å²) >= 11 is 0. The maximum Gasteiger partial charge on any atom is 0.222 e. The summed E-state index contributed by atoms with van der Waals surface area (Å²) in [7, 11) is 0. The quantitative estimate of drug-likeness (QED) is 0.150. The molecule has 0 saturated carbocycles. The van der Waals surface area contributed by atoms with E-state index in [0.29, 0.717) is 35.7 Å². The highest BCUT2D eigenvalue weighted by atomic mass is 19.1. The fraction of sp³-hybridized carbons (Fsp3) is 0.364. The van der Waals surface area contributed by atoms with Crippen molar-refractivity contribution < 1.29 is 13.9 Å². The van der Waals surface area contributed by atoms with E-state index in [1.807, 2.05) is 59.6 Å². The zero-order chi connectivity index (χ0) is 27.7. The summed E-state index contributed by atoms with van der Waals surface area (Å²) in [6.07, 6.45) is 9.50. The molecule has 1 aliphatic rings. The standard InChI is InChI=1S/C33H37FN4O2/c1-2-27(24-12-6-5-7-13-24)32(25-15-17-29-28(22-25)33(34)37-36-29)26-16-18-30(35-23-26)40-21-11-4-3-8-14-31(39)38-19-9-10-20-38/h5-7,12-13,15-18,22-23H,2-4,8-11,14,19-21H2,1H3,(H,36,37)/b32-27-. The number of carbonyl (C=O) groups excluding carboxylic acids is 1. The van der Waals surface area contributed by atoms with Gasteiger partial charge in [0.25, 0.3) is 0 Å². The van der Waals surface area contributed by atoms with Crippen LogP contribution in [-0.4, -0.2) is 45.7 Å². The van der Waals surface area contributed by atoms with Gasteiger partial charge in [-0.2, -0.15) is 9.49 Å². The number of allylic oxidation sites excluding steroid dienone is 1. The van der Waals surface area contributed by atoms with Gasteiger partial charge in [0.1, 0.15) is 0 Å². The normalized spacial score (nSPS) is 14.0. The lowest BCUT2D eigenvalue weighted by molar-refractivity contribution is -0.130. The van der Waals surface area contributed by atoms with Crippen LogP contribution in [0.2, 0.25) is 0 Å². The number of hydrogen-bond acceptors (Lipinski definition) is 4. The Morgan fingerprint density at radius 2 is 1.73 bits per heavy atom. The Morgan fingerprint density at radius 3 is 2.48 bits per heavy atom. The Hall–Kier alpha value is -4.00. The largest absolute Gasteiger partial charge is 0.478 e. The van der Waals surface area contributed by atoms with Gasteiger partial charge in [0.05, 0.1) is 17.5 Å². The van der Waals surface area contributed by atoms with Crippen molar-refractivity contribution in [1.82, 2.24) is 20.1 Å². The topological polar surface area (TPSA) is 71.1 Å². The molecule has 1 amide bonds.